The molecule has 2 aromatic rings. The molecule has 8 nitrogen and oxygen atoms in total. The molecule has 0 saturated heterocycles. The lowest BCUT2D eigenvalue weighted by atomic mass is 10.3. The maximum Gasteiger partial charge on any atom is 0.363 e. The lowest BCUT2D eigenvalue weighted by Gasteiger charge is -2.06. The maximum absolute atomic E-state index is 12.0. The Bertz CT molecular complexity index is 726. The van der Waals surface area contributed by atoms with Gasteiger partial charge in [0, 0.05) is 11.8 Å². The van der Waals surface area contributed by atoms with Crippen LogP contribution >= 0.6 is 0 Å². The normalized spacial score (nSPS) is 11.0. The van der Waals surface area contributed by atoms with Crippen LogP contribution in [0.3, 0.4) is 0 Å². The zero-order chi connectivity index (χ0) is 14.8. The number of phenols is 1. The molecule has 0 aliphatic rings. The molecule has 2 rings (SSSR count). The summed E-state index contributed by atoms with van der Waals surface area (Å²) in [5.74, 6) is -0.432. The largest absolute Gasteiger partial charge is 0.508 e. The van der Waals surface area contributed by atoms with E-state index in [1.165, 1.54) is 24.3 Å². The minimum Gasteiger partial charge on any atom is -0.508 e. The number of hydrogen-bond donors (Lipinski definition) is 2. The van der Waals surface area contributed by atoms with Gasteiger partial charge in [-0.2, -0.15) is 0 Å². The number of rotatable bonds is 4. The standard InChI is InChI=1S/C11H9N3O5S/c15-9-3-1-8(2-4-9)13-20(18,19)10-5-6-11(12-7-10)14(16)17/h1-7,13,15H. The van der Waals surface area contributed by atoms with Crippen molar-refractivity contribution in [1.29, 1.82) is 0 Å². The van der Waals surface area contributed by atoms with Crippen molar-refractivity contribution in [2.45, 2.75) is 4.90 Å². The lowest BCUT2D eigenvalue weighted by molar-refractivity contribution is -0.389. The molecule has 0 unspecified atom stereocenters. The van der Waals surface area contributed by atoms with Gasteiger partial charge in [0.25, 0.3) is 10.0 Å². The molecule has 0 aliphatic carbocycles. The summed E-state index contributed by atoms with van der Waals surface area (Å²) in [4.78, 5) is 13.0. The SMILES string of the molecule is O=[N+]([O-])c1ccc(S(=O)(=O)Nc2ccc(O)cc2)cn1. The molecule has 1 aromatic carbocycles. The first-order chi connectivity index (χ1) is 9.38. The van der Waals surface area contributed by atoms with Gasteiger partial charge >= 0.3 is 5.82 Å². The van der Waals surface area contributed by atoms with Crippen LogP contribution in [0.2, 0.25) is 0 Å². The van der Waals surface area contributed by atoms with E-state index in [9.17, 15) is 18.5 Å². The monoisotopic (exact) mass is 295 g/mol. The van der Waals surface area contributed by atoms with E-state index >= 15 is 0 Å². The Labute approximate surface area is 113 Å². The summed E-state index contributed by atoms with van der Waals surface area (Å²) in [5, 5.41) is 19.5. The van der Waals surface area contributed by atoms with Crippen molar-refractivity contribution < 1.29 is 18.4 Å². The van der Waals surface area contributed by atoms with Crippen LogP contribution in [0.1, 0.15) is 0 Å². The van der Waals surface area contributed by atoms with Gasteiger partial charge < -0.3 is 15.2 Å². The number of nitrogens with one attached hydrogen (secondary N) is 1. The molecule has 1 heterocycles. The van der Waals surface area contributed by atoms with Gasteiger partial charge in [-0.05, 0) is 40.2 Å². The fraction of sp³-hybridized carbons (Fsp3) is 0. The van der Waals surface area contributed by atoms with E-state index in [0.717, 1.165) is 18.3 Å². The summed E-state index contributed by atoms with van der Waals surface area (Å²) in [6.45, 7) is 0. The number of benzene rings is 1. The van der Waals surface area contributed by atoms with Crippen LogP contribution in [-0.2, 0) is 10.0 Å². The summed E-state index contributed by atoms with van der Waals surface area (Å²) in [5.41, 5.74) is 0.251. The topological polar surface area (TPSA) is 122 Å². The number of nitro groups is 1. The summed E-state index contributed by atoms with van der Waals surface area (Å²) < 4.78 is 26.2. The van der Waals surface area contributed by atoms with Gasteiger partial charge in [0.1, 0.15) is 10.6 Å². The van der Waals surface area contributed by atoms with Crippen molar-refractivity contribution in [2.75, 3.05) is 4.72 Å². The van der Waals surface area contributed by atoms with Crippen LogP contribution in [0.25, 0.3) is 0 Å². The number of phenolic OH excluding ortho intramolecular Hbond substituents is 1. The van der Waals surface area contributed by atoms with Crippen LogP contribution in [0, 0.1) is 10.1 Å². The van der Waals surface area contributed by atoms with Crippen molar-refractivity contribution in [1.82, 2.24) is 4.98 Å². The van der Waals surface area contributed by atoms with E-state index in [0.29, 0.717) is 0 Å². The number of aromatic hydroxyl groups is 1. The summed E-state index contributed by atoms with van der Waals surface area (Å²) >= 11 is 0. The third kappa shape index (κ3) is 3.01. The maximum atomic E-state index is 12.0. The minimum atomic E-state index is -3.89. The van der Waals surface area contributed by atoms with Crippen molar-refractivity contribution in [3.63, 3.8) is 0 Å². The molecule has 0 spiro atoms. The van der Waals surface area contributed by atoms with Gasteiger partial charge in [0.05, 0.1) is 0 Å². The Hall–Kier alpha value is -2.68. The molecule has 9 heteroatoms. The molecular formula is C11H9N3O5S. The zero-order valence-electron chi connectivity index (χ0n) is 9.92. The van der Waals surface area contributed by atoms with Crippen LogP contribution in [0.4, 0.5) is 11.5 Å². The second-order valence-corrected chi connectivity index (χ2v) is 5.44. The highest BCUT2D eigenvalue weighted by Crippen LogP contribution is 2.19. The number of aromatic nitrogens is 1. The first kappa shape index (κ1) is 13.7. The Kier molecular flexibility index (Phi) is 3.53. The van der Waals surface area contributed by atoms with Crippen LogP contribution in [-0.4, -0.2) is 23.4 Å². The zero-order valence-corrected chi connectivity index (χ0v) is 10.7. The fourth-order valence-electron chi connectivity index (χ4n) is 1.38. The Morgan fingerprint density at radius 3 is 2.30 bits per heavy atom. The third-order valence-corrected chi connectivity index (χ3v) is 3.70. The highest BCUT2D eigenvalue weighted by Gasteiger charge is 2.18. The molecule has 0 saturated carbocycles. The highest BCUT2D eigenvalue weighted by atomic mass is 32.2. The molecule has 0 amide bonds. The van der Waals surface area contributed by atoms with Crippen molar-refractivity contribution in [2.24, 2.45) is 0 Å². The Balaban J connectivity index is 2.26. The molecule has 0 fully saturated rings. The van der Waals surface area contributed by atoms with E-state index in [-0.39, 0.29) is 16.3 Å². The van der Waals surface area contributed by atoms with Gasteiger partial charge in [-0.25, -0.2) is 8.42 Å². The Morgan fingerprint density at radius 2 is 1.80 bits per heavy atom. The first-order valence-corrected chi connectivity index (χ1v) is 6.79. The second kappa shape index (κ2) is 5.13. The number of nitrogens with zero attached hydrogens (tertiary/aromatic N) is 2. The number of sulfonamides is 1. The smallest absolute Gasteiger partial charge is 0.363 e. The second-order valence-electron chi connectivity index (χ2n) is 3.76. The van der Waals surface area contributed by atoms with E-state index in [1.54, 1.807) is 0 Å². The van der Waals surface area contributed by atoms with Crippen LogP contribution < -0.4 is 4.72 Å². The van der Waals surface area contributed by atoms with Gasteiger partial charge in [0.2, 0.25) is 0 Å². The van der Waals surface area contributed by atoms with E-state index in [4.69, 9.17) is 5.11 Å². The molecule has 2 N–H and O–H groups in total. The average molecular weight is 295 g/mol. The minimum absolute atomic E-state index is 0.00458. The molecule has 0 radical (unpaired) electrons. The summed E-state index contributed by atoms with van der Waals surface area (Å²) in [6, 6.07) is 7.51. The molecule has 104 valence electrons. The van der Waals surface area contributed by atoms with Gasteiger partial charge in [-0.15, -0.1) is 0 Å². The van der Waals surface area contributed by atoms with Crippen molar-refractivity contribution in [3.8, 4) is 5.75 Å². The van der Waals surface area contributed by atoms with Crippen LogP contribution in [0.5, 0.6) is 5.75 Å². The quantitative estimate of drug-likeness (QED) is 0.500. The number of hydrogen-bond acceptors (Lipinski definition) is 6. The van der Waals surface area contributed by atoms with Crippen molar-refractivity contribution >= 4 is 21.5 Å². The van der Waals surface area contributed by atoms with E-state index in [1.807, 2.05) is 0 Å². The molecular weight excluding hydrogens is 286 g/mol. The van der Waals surface area contributed by atoms with Crippen molar-refractivity contribution in [3.05, 3.63) is 52.7 Å². The summed E-state index contributed by atoms with van der Waals surface area (Å²) in [6.07, 6.45) is 0.904. The Morgan fingerprint density at radius 1 is 1.15 bits per heavy atom. The molecule has 20 heavy (non-hydrogen) atoms. The average Bonchev–Trinajstić information content (AvgIpc) is 2.41. The lowest BCUT2D eigenvalue weighted by Crippen LogP contribution is -2.13. The predicted molar refractivity (Wildman–Crippen MR) is 69.8 cm³/mol. The van der Waals surface area contributed by atoms with Gasteiger partial charge in [-0.3, -0.25) is 4.72 Å². The molecule has 0 atom stereocenters. The number of pyridine rings is 1. The third-order valence-electron chi connectivity index (χ3n) is 2.34. The fourth-order valence-corrected chi connectivity index (χ4v) is 2.39. The van der Waals surface area contributed by atoms with Gasteiger partial charge in [0.15, 0.2) is 6.20 Å². The van der Waals surface area contributed by atoms with E-state index < -0.39 is 20.8 Å². The van der Waals surface area contributed by atoms with Crippen LogP contribution in [0.15, 0.2) is 47.5 Å². The van der Waals surface area contributed by atoms with E-state index in [2.05, 4.69) is 9.71 Å². The first-order valence-electron chi connectivity index (χ1n) is 5.31. The van der Waals surface area contributed by atoms with Gasteiger partial charge in [-0.1, -0.05) is 0 Å². The molecule has 0 aliphatic heterocycles. The summed E-state index contributed by atoms with van der Waals surface area (Å²) in [7, 11) is -3.89. The molecule has 0 bridgehead atoms. The predicted octanol–water partition coefficient (Wildman–Crippen LogP) is 1.50. The molecule has 1 aromatic heterocycles. The number of anilines is 1. The highest BCUT2D eigenvalue weighted by molar-refractivity contribution is 7.92.